The van der Waals surface area contributed by atoms with Crippen molar-refractivity contribution in [2.75, 3.05) is 31.1 Å². The number of likely N-dealkylation sites (tertiary alicyclic amines) is 1. The SMILES string of the molecule is CCCCC(=O)N1CCC2(CC1)CCN(c1ccccc1-c1nn[nH]n1)CC2. The number of H-pyrrole nitrogens is 1. The number of aromatic nitrogens is 4. The van der Waals surface area contributed by atoms with E-state index in [0.29, 0.717) is 23.6 Å². The van der Waals surface area contributed by atoms with Crippen LogP contribution in [0.1, 0.15) is 51.9 Å². The first kappa shape index (κ1) is 18.9. The van der Waals surface area contributed by atoms with Crippen molar-refractivity contribution in [2.45, 2.75) is 51.9 Å². The number of anilines is 1. The number of para-hydroxylation sites is 1. The Balaban J connectivity index is 1.37. The van der Waals surface area contributed by atoms with Crippen molar-refractivity contribution < 1.29 is 4.79 Å². The molecule has 150 valence electrons. The first-order valence-corrected chi connectivity index (χ1v) is 10.6. The molecule has 1 N–H and O–H groups in total. The van der Waals surface area contributed by atoms with E-state index < -0.39 is 0 Å². The summed E-state index contributed by atoms with van der Waals surface area (Å²) in [6.07, 6.45) is 7.47. The largest absolute Gasteiger partial charge is 0.371 e. The van der Waals surface area contributed by atoms with Crippen LogP contribution in [0, 0.1) is 5.41 Å². The van der Waals surface area contributed by atoms with E-state index in [1.165, 1.54) is 18.5 Å². The molecule has 28 heavy (non-hydrogen) atoms. The molecule has 1 aromatic carbocycles. The number of amides is 1. The van der Waals surface area contributed by atoms with Crippen molar-refractivity contribution in [1.29, 1.82) is 0 Å². The highest BCUT2D eigenvalue weighted by Gasteiger charge is 2.38. The van der Waals surface area contributed by atoms with Crippen LogP contribution in [-0.2, 0) is 4.79 Å². The van der Waals surface area contributed by atoms with Crippen molar-refractivity contribution >= 4 is 11.6 Å². The third kappa shape index (κ3) is 3.88. The Labute approximate surface area is 166 Å². The number of unbranched alkanes of at least 4 members (excludes halogenated alkanes) is 1. The van der Waals surface area contributed by atoms with Gasteiger partial charge in [0, 0.05) is 43.9 Å². The Morgan fingerprint density at radius 1 is 1.11 bits per heavy atom. The number of rotatable bonds is 5. The van der Waals surface area contributed by atoms with Gasteiger partial charge in [-0.2, -0.15) is 5.21 Å². The van der Waals surface area contributed by atoms with Gasteiger partial charge in [0.1, 0.15) is 0 Å². The molecule has 2 aromatic rings. The summed E-state index contributed by atoms with van der Waals surface area (Å²) in [4.78, 5) is 16.9. The molecule has 0 atom stereocenters. The van der Waals surface area contributed by atoms with E-state index in [-0.39, 0.29) is 0 Å². The van der Waals surface area contributed by atoms with Crippen LogP contribution in [-0.4, -0.2) is 57.6 Å². The summed E-state index contributed by atoms with van der Waals surface area (Å²) in [5.74, 6) is 0.998. The van der Waals surface area contributed by atoms with Crippen LogP contribution < -0.4 is 4.90 Å². The molecule has 3 heterocycles. The van der Waals surface area contributed by atoms with Crippen LogP contribution in [0.3, 0.4) is 0 Å². The lowest BCUT2D eigenvalue weighted by Crippen LogP contribution is -2.48. The van der Waals surface area contributed by atoms with Crippen molar-refractivity contribution in [3.8, 4) is 11.4 Å². The predicted octanol–water partition coefficient (Wildman–Crippen LogP) is 3.27. The third-order valence-electron chi connectivity index (χ3n) is 6.58. The van der Waals surface area contributed by atoms with E-state index in [9.17, 15) is 4.79 Å². The molecule has 1 aromatic heterocycles. The first-order valence-electron chi connectivity index (χ1n) is 10.6. The highest BCUT2D eigenvalue weighted by molar-refractivity contribution is 5.76. The van der Waals surface area contributed by atoms with Crippen molar-refractivity contribution in [1.82, 2.24) is 25.5 Å². The maximum Gasteiger partial charge on any atom is 0.222 e. The zero-order chi connectivity index (χ0) is 19.4. The smallest absolute Gasteiger partial charge is 0.222 e. The van der Waals surface area contributed by atoms with Crippen molar-refractivity contribution in [2.24, 2.45) is 5.41 Å². The van der Waals surface area contributed by atoms with E-state index in [1.54, 1.807) is 0 Å². The molecule has 0 aliphatic carbocycles. The summed E-state index contributed by atoms with van der Waals surface area (Å²) in [5.41, 5.74) is 2.62. The van der Waals surface area contributed by atoms with Gasteiger partial charge in [0.25, 0.3) is 0 Å². The van der Waals surface area contributed by atoms with Crippen LogP contribution >= 0.6 is 0 Å². The van der Waals surface area contributed by atoms with Gasteiger partial charge in [0.05, 0.1) is 0 Å². The second-order valence-corrected chi connectivity index (χ2v) is 8.22. The standard InChI is InChI=1S/C21H30N6O/c1-2-3-8-19(28)27-15-11-21(12-16-27)9-13-26(14-10-21)18-7-5-4-6-17(18)20-22-24-25-23-20/h4-7H,2-3,8-16H2,1H3,(H,22,23,24,25). The molecule has 2 saturated heterocycles. The van der Waals surface area contributed by atoms with Gasteiger partial charge in [-0.05, 0) is 54.9 Å². The summed E-state index contributed by atoms with van der Waals surface area (Å²) < 4.78 is 0. The summed E-state index contributed by atoms with van der Waals surface area (Å²) in [5, 5.41) is 14.6. The number of piperidine rings is 2. The second kappa shape index (κ2) is 8.29. The van der Waals surface area contributed by atoms with E-state index in [0.717, 1.165) is 57.4 Å². The molecular formula is C21H30N6O. The molecule has 2 aliphatic rings. The quantitative estimate of drug-likeness (QED) is 0.859. The average Bonchev–Trinajstić information content (AvgIpc) is 3.28. The van der Waals surface area contributed by atoms with E-state index in [4.69, 9.17) is 0 Å². The number of nitrogens with one attached hydrogen (secondary N) is 1. The first-order chi connectivity index (χ1) is 13.7. The Morgan fingerprint density at radius 3 is 2.50 bits per heavy atom. The van der Waals surface area contributed by atoms with E-state index >= 15 is 0 Å². The minimum absolute atomic E-state index is 0.350. The molecule has 1 amide bonds. The maximum absolute atomic E-state index is 12.3. The van der Waals surface area contributed by atoms with Gasteiger partial charge >= 0.3 is 0 Å². The third-order valence-corrected chi connectivity index (χ3v) is 6.58. The number of carbonyl (C=O) groups excluding carboxylic acids is 1. The number of carbonyl (C=O) groups is 1. The number of benzene rings is 1. The van der Waals surface area contributed by atoms with E-state index in [1.807, 2.05) is 6.07 Å². The lowest BCUT2D eigenvalue weighted by molar-refractivity contribution is -0.133. The molecule has 4 rings (SSSR count). The van der Waals surface area contributed by atoms with Gasteiger partial charge in [-0.3, -0.25) is 4.79 Å². The molecule has 0 saturated carbocycles. The van der Waals surface area contributed by atoms with Crippen LogP contribution in [0.25, 0.3) is 11.4 Å². The molecule has 2 aliphatic heterocycles. The Hall–Kier alpha value is -2.44. The van der Waals surface area contributed by atoms with Gasteiger partial charge in [-0.1, -0.05) is 25.5 Å². The summed E-state index contributed by atoms with van der Waals surface area (Å²) in [7, 11) is 0. The van der Waals surface area contributed by atoms with Gasteiger partial charge < -0.3 is 9.80 Å². The molecule has 7 heteroatoms. The summed E-state index contributed by atoms with van der Waals surface area (Å²) >= 11 is 0. The van der Waals surface area contributed by atoms with Crippen LogP contribution in [0.4, 0.5) is 5.69 Å². The zero-order valence-electron chi connectivity index (χ0n) is 16.7. The van der Waals surface area contributed by atoms with E-state index in [2.05, 4.69) is 55.5 Å². The van der Waals surface area contributed by atoms with Crippen LogP contribution in [0.2, 0.25) is 0 Å². The Bertz CT molecular complexity index is 772. The predicted molar refractivity (Wildman–Crippen MR) is 109 cm³/mol. The zero-order valence-corrected chi connectivity index (χ0v) is 16.7. The molecule has 1 spiro atoms. The number of nitrogens with zero attached hydrogens (tertiary/aromatic N) is 5. The Morgan fingerprint density at radius 2 is 1.82 bits per heavy atom. The number of aromatic amines is 1. The maximum atomic E-state index is 12.3. The minimum Gasteiger partial charge on any atom is -0.371 e. The fraction of sp³-hybridized carbons (Fsp3) is 0.619. The Kier molecular flexibility index (Phi) is 5.59. The fourth-order valence-corrected chi connectivity index (χ4v) is 4.65. The molecule has 0 unspecified atom stereocenters. The van der Waals surface area contributed by atoms with Crippen LogP contribution in [0.5, 0.6) is 0 Å². The highest BCUT2D eigenvalue weighted by atomic mass is 16.2. The fourth-order valence-electron chi connectivity index (χ4n) is 4.65. The normalized spacial score (nSPS) is 19.2. The number of hydrogen-bond acceptors (Lipinski definition) is 5. The minimum atomic E-state index is 0.350. The second-order valence-electron chi connectivity index (χ2n) is 8.22. The molecule has 0 bridgehead atoms. The highest BCUT2D eigenvalue weighted by Crippen LogP contribution is 2.43. The number of tetrazole rings is 1. The van der Waals surface area contributed by atoms with Gasteiger partial charge in [0.2, 0.25) is 11.7 Å². The van der Waals surface area contributed by atoms with Crippen LogP contribution in [0.15, 0.2) is 24.3 Å². The molecule has 2 fully saturated rings. The lowest BCUT2D eigenvalue weighted by Gasteiger charge is -2.47. The molecule has 7 nitrogen and oxygen atoms in total. The number of hydrogen-bond donors (Lipinski definition) is 1. The van der Waals surface area contributed by atoms with Gasteiger partial charge in [0.15, 0.2) is 0 Å². The lowest BCUT2D eigenvalue weighted by atomic mass is 9.71. The van der Waals surface area contributed by atoms with Gasteiger partial charge in [-0.25, -0.2) is 0 Å². The van der Waals surface area contributed by atoms with Crippen molar-refractivity contribution in [3.63, 3.8) is 0 Å². The monoisotopic (exact) mass is 382 g/mol. The summed E-state index contributed by atoms with van der Waals surface area (Å²) in [6, 6.07) is 8.30. The molecule has 0 radical (unpaired) electrons. The average molecular weight is 383 g/mol. The molecular weight excluding hydrogens is 352 g/mol. The summed E-state index contributed by atoms with van der Waals surface area (Å²) in [6.45, 7) is 6.09. The van der Waals surface area contributed by atoms with Gasteiger partial charge in [-0.15, -0.1) is 10.2 Å². The van der Waals surface area contributed by atoms with Crippen molar-refractivity contribution in [3.05, 3.63) is 24.3 Å². The topological polar surface area (TPSA) is 78.0 Å².